The van der Waals surface area contributed by atoms with Gasteiger partial charge in [-0.25, -0.2) is 0 Å². The van der Waals surface area contributed by atoms with Crippen LogP contribution in [-0.4, -0.2) is 40.3 Å². The molecule has 12 heteroatoms. The highest BCUT2D eigenvalue weighted by Gasteiger charge is 2.81. The number of hydrogen-bond donors (Lipinski definition) is 1. The maximum absolute atomic E-state index is 15.3. The van der Waals surface area contributed by atoms with E-state index in [2.05, 4.69) is 0 Å². The van der Waals surface area contributed by atoms with Gasteiger partial charge in [-0.1, -0.05) is 113 Å². The molecule has 1 unspecified atom stereocenters. The first kappa shape index (κ1) is 36.2. The van der Waals surface area contributed by atoms with Crippen LogP contribution >= 0.6 is 7.14 Å². The van der Waals surface area contributed by atoms with Crippen LogP contribution < -0.4 is 10.6 Å². The van der Waals surface area contributed by atoms with Crippen molar-refractivity contribution < 1.29 is 49.2 Å². The average Bonchev–Trinajstić information content (AvgIpc) is 2.92. The van der Waals surface area contributed by atoms with Gasteiger partial charge in [0, 0.05) is 22.7 Å². The van der Waals surface area contributed by atoms with Gasteiger partial charge in [0.2, 0.25) is 0 Å². The van der Waals surface area contributed by atoms with E-state index in [-0.39, 0.29) is 23.5 Å². The van der Waals surface area contributed by atoms with Crippen LogP contribution in [0.5, 0.6) is 0 Å². The van der Waals surface area contributed by atoms with Crippen molar-refractivity contribution in [3.63, 3.8) is 0 Å². The van der Waals surface area contributed by atoms with E-state index in [9.17, 15) is 35.8 Å². The number of halogens is 9. The number of hydrogen-bond acceptors (Lipinski definition) is 2. The molecule has 42 heavy (non-hydrogen) atoms. The highest BCUT2D eigenvalue weighted by atomic mass is 31.2. The topological polar surface area (TPSA) is 37.3 Å². The molecule has 1 atom stereocenters. The van der Waals surface area contributed by atoms with Gasteiger partial charge in [-0.2, -0.15) is 39.5 Å². The molecule has 2 nitrogen and oxygen atoms in total. The average molecular weight is 633 g/mol. The first-order valence-electron chi connectivity index (χ1n) is 14.0. The van der Waals surface area contributed by atoms with Crippen molar-refractivity contribution in [2.75, 3.05) is 0 Å². The Morgan fingerprint density at radius 3 is 1.40 bits per heavy atom. The summed E-state index contributed by atoms with van der Waals surface area (Å²) in [5.74, 6) is -19.9. The number of aliphatic hydroxyl groups is 1. The summed E-state index contributed by atoms with van der Waals surface area (Å²) in [5.41, 5.74) is -3.92. The Bertz CT molecular complexity index is 1080. The van der Waals surface area contributed by atoms with Crippen LogP contribution in [-0.2, 0) is 4.57 Å². The van der Waals surface area contributed by atoms with Gasteiger partial charge in [-0.3, -0.25) is 0 Å². The summed E-state index contributed by atoms with van der Waals surface area (Å²) in [6.45, 7) is 3.75. The second-order valence-electron chi connectivity index (χ2n) is 10.9. The lowest BCUT2D eigenvalue weighted by Gasteiger charge is -2.40. The maximum atomic E-state index is 15.3. The van der Waals surface area contributed by atoms with Gasteiger partial charge in [-0.05, 0) is 19.3 Å². The van der Waals surface area contributed by atoms with Gasteiger partial charge in [0.1, 0.15) is 7.14 Å². The second-order valence-corrected chi connectivity index (χ2v) is 14.0. The summed E-state index contributed by atoms with van der Waals surface area (Å²) in [7, 11) is -4.47. The molecule has 0 radical (unpaired) electrons. The Balaban J connectivity index is 2.78. The predicted octanol–water partition coefficient (Wildman–Crippen LogP) is 9.51. The molecule has 0 saturated heterocycles. The normalized spacial score (nSPS) is 14.7. The molecule has 0 aromatic heterocycles. The molecule has 1 N–H and O–H groups in total. The summed E-state index contributed by atoms with van der Waals surface area (Å²) in [4.78, 5) is 0. The summed E-state index contributed by atoms with van der Waals surface area (Å²) in [5, 5.41) is 11.5. The SMILES string of the molecule is CCCCCC(O)(CCCCC)CC(CC(F)(F)C(F)(F)C(F)(F)C(F)(F)F)P(=O)(c1ccccc1)c1ccccc1. The quantitative estimate of drug-likeness (QED) is 0.107. The smallest absolute Gasteiger partial charge is 0.390 e. The molecule has 0 fully saturated rings. The van der Waals surface area contributed by atoms with E-state index in [4.69, 9.17) is 0 Å². The van der Waals surface area contributed by atoms with Gasteiger partial charge in [0.15, 0.2) is 0 Å². The third kappa shape index (κ3) is 7.93. The highest BCUT2D eigenvalue weighted by Crippen LogP contribution is 2.60. The number of alkyl halides is 9. The molecule has 0 saturated carbocycles. The zero-order valence-electron chi connectivity index (χ0n) is 23.6. The highest BCUT2D eigenvalue weighted by molar-refractivity contribution is 7.79. The van der Waals surface area contributed by atoms with Gasteiger partial charge >= 0.3 is 23.9 Å². The molecule has 0 bridgehead atoms. The van der Waals surface area contributed by atoms with E-state index in [1.54, 1.807) is 0 Å². The van der Waals surface area contributed by atoms with E-state index >= 15 is 13.3 Å². The van der Waals surface area contributed by atoms with Crippen LogP contribution in [0, 0.1) is 0 Å². The van der Waals surface area contributed by atoms with Crippen LogP contribution in [0.3, 0.4) is 0 Å². The standard InChI is InChI=1S/C30H38F9O2P/c1-3-5-13-19-26(40,20-14-6-4-2)21-25(22-27(31,32)28(33,34)29(35,36)30(37,38)39)42(41,23-15-9-7-10-16-23)24-17-11-8-12-18-24/h7-12,15-18,25,40H,3-6,13-14,19-22H2,1-2H3. The zero-order chi connectivity index (χ0) is 31.9. The first-order valence-corrected chi connectivity index (χ1v) is 15.8. The van der Waals surface area contributed by atoms with E-state index < -0.39 is 55.2 Å². The lowest BCUT2D eigenvalue weighted by atomic mass is 9.84. The molecule has 0 heterocycles. The zero-order valence-corrected chi connectivity index (χ0v) is 24.5. The molecule has 238 valence electrons. The lowest BCUT2D eigenvalue weighted by molar-refractivity contribution is -0.396. The number of benzene rings is 2. The van der Waals surface area contributed by atoms with Crippen molar-refractivity contribution in [1.29, 1.82) is 0 Å². The van der Waals surface area contributed by atoms with Gasteiger partial charge in [0.25, 0.3) is 0 Å². The molecular formula is C30H38F9O2P. The van der Waals surface area contributed by atoms with Crippen LogP contribution in [0.4, 0.5) is 39.5 Å². The van der Waals surface area contributed by atoms with E-state index in [1.165, 1.54) is 60.7 Å². The Kier molecular flexibility index (Phi) is 12.2. The van der Waals surface area contributed by atoms with Crippen LogP contribution in [0.25, 0.3) is 0 Å². The molecule has 2 aromatic carbocycles. The third-order valence-electron chi connectivity index (χ3n) is 7.60. The van der Waals surface area contributed by atoms with Crippen molar-refractivity contribution in [2.45, 2.75) is 113 Å². The Morgan fingerprint density at radius 2 is 1.05 bits per heavy atom. The van der Waals surface area contributed by atoms with Crippen molar-refractivity contribution in [1.82, 2.24) is 0 Å². The van der Waals surface area contributed by atoms with Crippen molar-refractivity contribution in [3.05, 3.63) is 60.7 Å². The minimum absolute atomic E-state index is 0.0192. The van der Waals surface area contributed by atoms with Gasteiger partial charge in [-0.15, -0.1) is 0 Å². The maximum Gasteiger partial charge on any atom is 0.460 e. The predicted molar refractivity (Wildman–Crippen MR) is 147 cm³/mol. The number of unbranched alkanes of at least 4 members (excludes halogenated alkanes) is 4. The summed E-state index contributed by atoms with van der Waals surface area (Å²) < 4.78 is 141. The Morgan fingerprint density at radius 1 is 0.643 bits per heavy atom. The summed E-state index contributed by atoms with van der Waals surface area (Å²) in [6, 6.07) is 13.9. The number of rotatable bonds is 17. The lowest BCUT2D eigenvalue weighted by Crippen LogP contribution is -2.61. The molecule has 0 aliphatic rings. The van der Waals surface area contributed by atoms with E-state index in [0.717, 1.165) is 12.8 Å². The van der Waals surface area contributed by atoms with Crippen molar-refractivity contribution >= 4 is 17.8 Å². The fourth-order valence-corrected chi connectivity index (χ4v) is 8.66. The van der Waals surface area contributed by atoms with Crippen LogP contribution in [0.1, 0.15) is 78.1 Å². The molecule has 0 amide bonds. The van der Waals surface area contributed by atoms with Crippen molar-refractivity contribution in [2.24, 2.45) is 0 Å². The Labute approximate surface area is 241 Å². The molecule has 2 rings (SSSR count). The Hall–Kier alpha value is -2.00. The summed E-state index contributed by atoms with van der Waals surface area (Å²) in [6.07, 6.45) is -6.48. The van der Waals surface area contributed by atoms with Gasteiger partial charge in [0.05, 0.1) is 5.60 Å². The fraction of sp³-hybridized carbons (Fsp3) is 0.600. The molecule has 2 aromatic rings. The summed E-state index contributed by atoms with van der Waals surface area (Å²) >= 11 is 0. The van der Waals surface area contributed by atoms with E-state index in [1.807, 2.05) is 13.8 Å². The van der Waals surface area contributed by atoms with Gasteiger partial charge < -0.3 is 9.67 Å². The van der Waals surface area contributed by atoms with Crippen LogP contribution in [0.2, 0.25) is 0 Å². The molecule has 0 aliphatic heterocycles. The first-order chi connectivity index (χ1) is 19.4. The second kappa shape index (κ2) is 14.2. The molecule has 0 aliphatic carbocycles. The fourth-order valence-electron chi connectivity index (χ4n) is 5.21. The monoisotopic (exact) mass is 632 g/mol. The molecular weight excluding hydrogens is 594 g/mol. The molecule has 0 spiro atoms. The third-order valence-corrected chi connectivity index (χ3v) is 11.1. The minimum atomic E-state index is -7.07. The largest absolute Gasteiger partial charge is 0.460 e. The van der Waals surface area contributed by atoms with Crippen molar-refractivity contribution in [3.8, 4) is 0 Å². The van der Waals surface area contributed by atoms with E-state index in [0.29, 0.717) is 25.7 Å². The minimum Gasteiger partial charge on any atom is -0.390 e. The van der Waals surface area contributed by atoms with Crippen LogP contribution in [0.15, 0.2) is 60.7 Å².